The summed E-state index contributed by atoms with van der Waals surface area (Å²) in [6.45, 7) is 0. The zero-order valence-corrected chi connectivity index (χ0v) is 10.0. The predicted octanol–water partition coefficient (Wildman–Crippen LogP) is 1.88. The third kappa shape index (κ3) is 2.72. The highest BCUT2D eigenvalue weighted by Gasteiger charge is 2.16. The number of phenols is 1. The maximum absolute atomic E-state index is 13.5. The number of phenolic OH excluding ortho intramolecular Hbond substituents is 1. The van der Waals surface area contributed by atoms with Gasteiger partial charge >= 0.3 is 5.97 Å². The highest BCUT2D eigenvalue weighted by molar-refractivity contribution is 6.07. The molecule has 0 radical (unpaired) electrons. The van der Waals surface area contributed by atoms with E-state index < -0.39 is 17.7 Å². The number of aromatic carboxylic acids is 1. The van der Waals surface area contributed by atoms with Gasteiger partial charge in [0.25, 0.3) is 5.91 Å². The van der Waals surface area contributed by atoms with Crippen LogP contribution >= 0.6 is 0 Å². The number of hydrogen-bond donors (Lipinski definition) is 3. The van der Waals surface area contributed by atoms with E-state index in [2.05, 4.69) is 10.3 Å². The van der Waals surface area contributed by atoms with E-state index in [4.69, 9.17) is 10.2 Å². The Kier molecular flexibility index (Phi) is 3.60. The number of carboxylic acid groups (broad SMARTS) is 1. The van der Waals surface area contributed by atoms with Gasteiger partial charge in [-0.2, -0.15) is 0 Å². The van der Waals surface area contributed by atoms with Crippen molar-refractivity contribution in [2.45, 2.75) is 0 Å². The predicted molar refractivity (Wildman–Crippen MR) is 67.2 cm³/mol. The molecule has 1 aromatic heterocycles. The molecule has 6 nitrogen and oxygen atoms in total. The Morgan fingerprint density at radius 2 is 1.95 bits per heavy atom. The first-order valence-corrected chi connectivity index (χ1v) is 5.46. The number of carbonyl (C=O) groups excluding carboxylic acids is 1. The number of anilines is 1. The fourth-order valence-corrected chi connectivity index (χ4v) is 1.56. The molecule has 0 aliphatic carbocycles. The number of carbonyl (C=O) groups is 2. The molecule has 0 aliphatic heterocycles. The third-order valence-electron chi connectivity index (χ3n) is 2.50. The molecule has 2 aromatic rings. The Balaban J connectivity index is 2.30. The highest BCUT2D eigenvalue weighted by Crippen LogP contribution is 2.18. The maximum Gasteiger partial charge on any atom is 0.337 e. The summed E-state index contributed by atoms with van der Waals surface area (Å²) >= 11 is 0. The molecular weight excluding hydrogens is 267 g/mol. The van der Waals surface area contributed by atoms with E-state index in [1.165, 1.54) is 12.3 Å². The molecule has 0 spiro atoms. The number of hydrogen-bond acceptors (Lipinski definition) is 4. The molecule has 0 unspecified atom stereocenters. The zero-order valence-electron chi connectivity index (χ0n) is 10.0. The van der Waals surface area contributed by atoms with Gasteiger partial charge in [0, 0.05) is 12.3 Å². The number of carboxylic acids is 1. The lowest BCUT2D eigenvalue weighted by Crippen LogP contribution is -2.16. The maximum atomic E-state index is 13.5. The van der Waals surface area contributed by atoms with Crippen molar-refractivity contribution in [3.05, 3.63) is 53.6 Å². The monoisotopic (exact) mass is 276 g/mol. The smallest absolute Gasteiger partial charge is 0.337 e. The average Bonchev–Trinajstić information content (AvgIpc) is 2.38. The first-order chi connectivity index (χ1) is 9.49. The van der Waals surface area contributed by atoms with Crippen LogP contribution in [-0.2, 0) is 0 Å². The molecule has 0 saturated carbocycles. The van der Waals surface area contributed by atoms with Crippen LogP contribution in [0.1, 0.15) is 20.7 Å². The van der Waals surface area contributed by atoms with Crippen LogP contribution in [0.4, 0.5) is 10.1 Å². The lowest BCUT2D eigenvalue weighted by molar-refractivity contribution is 0.0698. The summed E-state index contributed by atoms with van der Waals surface area (Å²) in [4.78, 5) is 26.5. The molecular formula is C13H9FN2O4. The zero-order chi connectivity index (χ0) is 14.7. The lowest BCUT2D eigenvalue weighted by atomic mass is 10.1. The molecule has 102 valence electrons. The van der Waals surface area contributed by atoms with Crippen LogP contribution in [-0.4, -0.2) is 27.1 Å². The van der Waals surface area contributed by atoms with Crippen molar-refractivity contribution in [2.24, 2.45) is 0 Å². The van der Waals surface area contributed by atoms with E-state index >= 15 is 0 Å². The molecule has 1 heterocycles. The molecule has 1 aromatic carbocycles. The van der Waals surface area contributed by atoms with Crippen LogP contribution in [0, 0.1) is 5.82 Å². The quantitative estimate of drug-likeness (QED) is 0.794. The van der Waals surface area contributed by atoms with Gasteiger partial charge in [0.2, 0.25) is 0 Å². The van der Waals surface area contributed by atoms with Gasteiger partial charge in [-0.15, -0.1) is 0 Å². The average molecular weight is 276 g/mol. The summed E-state index contributed by atoms with van der Waals surface area (Å²) < 4.78 is 13.5. The number of pyridine rings is 1. The molecule has 0 atom stereocenters. The second-order valence-electron chi connectivity index (χ2n) is 3.84. The van der Waals surface area contributed by atoms with Crippen molar-refractivity contribution in [1.29, 1.82) is 0 Å². The Hall–Kier alpha value is -2.96. The Bertz CT molecular complexity index is 688. The second kappa shape index (κ2) is 5.35. The van der Waals surface area contributed by atoms with Gasteiger partial charge in [0.05, 0.1) is 23.0 Å². The first kappa shape index (κ1) is 13.5. The minimum atomic E-state index is -1.24. The molecule has 7 heteroatoms. The van der Waals surface area contributed by atoms with E-state index in [9.17, 15) is 14.0 Å². The van der Waals surface area contributed by atoms with Gasteiger partial charge in [0.1, 0.15) is 11.6 Å². The molecule has 1 amide bonds. The van der Waals surface area contributed by atoms with Gasteiger partial charge in [-0.1, -0.05) is 0 Å². The summed E-state index contributed by atoms with van der Waals surface area (Å²) in [5.74, 6) is -3.30. The van der Waals surface area contributed by atoms with Crippen LogP contribution in [0.2, 0.25) is 0 Å². The van der Waals surface area contributed by atoms with Crippen LogP contribution < -0.4 is 5.32 Å². The van der Waals surface area contributed by atoms with Gasteiger partial charge in [0.15, 0.2) is 0 Å². The van der Waals surface area contributed by atoms with Crippen molar-refractivity contribution in [3.8, 4) is 5.75 Å². The van der Waals surface area contributed by atoms with Crippen molar-refractivity contribution < 1.29 is 24.2 Å². The number of halogens is 1. The van der Waals surface area contributed by atoms with Crippen LogP contribution in [0.15, 0.2) is 36.7 Å². The van der Waals surface area contributed by atoms with E-state index in [1.807, 2.05) is 0 Å². The van der Waals surface area contributed by atoms with E-state index in [1.54, 1.807) is 0 Å². The molecule has 3 N–H and O–H groups in total. The number of aromatic hydroxyl groups is 1. The molecule has 0 bridgehead atoms. The summed E-state index contributed by atoms with van der Waals surface area (Å²) in [6, 6.07) is 4.25. The van der Waals surface area contributed by atoms with E-state index in [-0.39, 0.29) is 22.6 Å². The summed E-state index contributed by atoms with van der Waals surface area (Å²) in [5.41, 5.74) is -0.520. The molecule has 0 fully saturated rings. The molecule has 20 heavy (non-hydrogen) atoms. The second-order valence-corrected chi connectivity index (χ2v) is 3.84. The van der Waals surface area contributed by atoms with E-state index in [0.717, 1.165) is 24.4 Å². The SMILES string of the molecule is O=C(Nc1cnccc1C(=O)O)c1ccc(O)cc1F. The van der Waals surface area contributed by atoms with Crippen molar-refractivity contribution >= 4 is 17.6 Å². The molecule has 2 rings (SSSR count). The summed E-state index contributed by atoms with van der Waals surface area (Å²) in [7, 11) is 0. The summed E-state index contributed by atoms with van der Waals surface area (Å²) in [5, 5.41) is 20.3. The van der Waals surface area contributed by atoms with Gasteiger partial charge in [-0.05, 0) is 18.2 Å². The van der Waals surface area contributed by atoms with Gasteiger partial charge < -0.3 is 15.5 Å². The fraction of sp³-hybridized carbons (Fsp3) is 0. The Labute approximate surface area is 112 Å². The first-order valence-electron chi connectivity index (χ1n) is 5.46. The number of aromatic nitrogens is 1. The lowest BCUT2D eigenvalue weighted by Gasteiger charge is -2.08. The number of nitrogens with zero attached hydrogens (tertiary/aromatic N) is 1. The van der Waals surface area contributed by atoms with Crippen molar-refractivity contribution in [3.63, 3.8) is 0 Å². The normalized spacial score (nSPS) is 10.1. The van der Waals surface area contributed by atoms with Crippen LogP contribution in [0.3, 0.4) is 0 Å². The minimum Gasteiger partial charge on any atom is -0.508 e. The van der Waals surface area contributed by atoms with Crippen LogP contribution in [0.25, 0.3) is 0 Å². The number of rotatable bonds is 3. The van der Waals surface area contributed by atoms with Gasteiger partial charge in [-0.25, -0.2) is 9.18 Å². The van der Waals surface area contributed by atoms with Crippen molar-refractivity contribution in [1.82, 2.24) is 4.98 Å². The minimum absolute atomic E-state index is 0.0440. The number of nitrogens with one attached hydrogen (secondary N) is 1. The highest BCUT2D eigenvalue weighted by atomic mass is 19.1. The Morgan fingerprint density at radius 3 is 2.60 bits per heavy atom. The third-order valence-corrected chi connectivity index (χ3v) is 2.50. The Morgan fingerprint density at radius 1 is 1.20 bits per heavy atom. The number of amides is 1. The fourth-order valence-electron chi connectivity index (χ4n) is 1.56. The largest absolute Gasteiger partial charge is 0.508 e. The number of benzene rings is 1. The molecule has 0 saturated heterocycles. The van der Waals surface area contributed by atoms with Crippen molar-refractivity contribution in [2.75, 3.05) is 5.32 Å². The van der Waals surface area contributed by atoms with Gasteiger partial charge in [-0.3, -0.25) is 9.78 Å². The van der Waals surface area contributed by atoms with Crippen LogP contribution in [0.5, 0.6) is 5.75 Å². The molecule has 0 aliphatic rings. The van der Waals surface area contributed by atoms with E-state index in [0.29, 0.717) is 0 Å². The summed E-state index contributed by atoms with van der Waals surface area (Å²) in [6.07, 6.45) is 2.42. The topological polar surface area (TPSA) is 99.5 Å². The standard InChI is InChI=1S/C13H9FN2O4/c14-10-5-7(17)1-2-8(10)12(18)16-11-6-15-4-3-9(11)13(19)20/h1-6,17H,(H,16,18)(H,19,20).